The van der Waals surface area contributed by atoms with Crippen molar-refractivity contribution in [2.75, 3.05) is 10.6 Å². The minimum Gasteiger partial charge on any atom is -0.505 e. The van der Waals surface area contributed by atoms with Gasteiger partial charge in [0.1, 0.15) is 5.75 Å². The summed E-state index contributed by atoms with van der Waals surface area (Å²) in [6.07, 6.45) is -5.41. The number of urea groups is 1. The first-order chi connectivity index (χ1) is 20.9. The lowest BCUT2D eigenvalue weighted by Crippen LogP contribution is -2.68. The first kappa shape index (κ1) is 32.1. The molecule has 0 heterocycles. The van der Waals surface area contributed by atoms with Gasteiger partial charge in [0.05, 0.1) is 28.4 Å². The number of nitrogens with two attached hydrogens (primary N) is 1. The van der Waals surface area contributed by atoms with Crippen molar-refractivity contribution >= 4 is 58.0 Å². The van der Waals surface area contributed by atoms with E-state index < -0.39 is 93.9 Å². The van der Waals surface area contributed by atoms with Crippen molar-refractivity contribution in [1.82, 2.24) is 0 Å². The maximum absolute atomic E-state index is 13.9. The maximum atomic E-state index is 13.9. The monoisotopic (exact) mass is 649 g/mol. The van der Waals surface area contributed by atoms with Crippen LogP contribution in [-0.4, -0.2) is 50.9 Å². The molecule has 0 spiro atoms. The number of nitrogens with one attached hydrogen (secondary N) is 2. The number of benzene rings is 2. The standard InChI is InChI=1S/C30H27ClF3N3O8/c1-10(2)14-9-18(37-28(44)36-17-4-3-13(31)8-16(17)30(32,33)34)23(39)21-15(14)6-11-5-12-7-19(38)22(27(35)43)26(42)29(12,45)25(41)20(11)24(21)40/h3-4,8-12,20,22,39,45H,5-7H2,1-2H3,(H2,35,43)(H2,36,37,44)/t11-,12+,20?,22?,29+/m1/s1. The van der Waals surface area contributed by atoms with Crippen molar-refractivity contribution in [3.63, 3.8) is 0 Å². The van der Waals surface area contributed by atoms with Crippen molar-refractivity contribution in [1.29, 1.82) is 0 Å². The molecule has 5 atom stereocenters. The highest BCUT2D eigenvalue weighted by atomic mass is 35.5. The van der Waals surface area contributed by atoms with Crippen LogP contribution in [0.15, 0.2) is 24.3 Å². The van der Waals surface area contributed by atoms with Gasteiger partial charge in [-0.1, -0.05) is 25.4 Å². The highest BCUT2D eigenvalue weighted by Gasteiger charge is 2.66. The molecular formula is C30H27ClF3N3O8. The van der Waals surface area contributed by atoms with Crippen LogP contribution in [-0.2, 0) is 31.8 Å². The van der Waals surface area contributed by atoms with Crippen LogP contribution in [0.1, 0.15) is 59.7 Å². The molecule has 15 heteroatoms. The van der Waals surface area contributed by atoms with Gasteiger partial charge in [0.25, 0.3) is 0 Å². The zero-order chi connectivity index (χ0) is 33.3. The Morgan fingerprint density at radius 3 is 2.29 bits per heavy atom. The van der Waals surface area contributed by atoms with Crippen molar-refractivity contribution in [2.45, 2.75) is 50.8 Å². The molecule has 3 aliphatic rings. The highest BCUT2D eigenvalue weighted by Crippen LogP contribution is 2.52. The number of carbonyl (C=O) groups is 6. The summed E-state index contributed by atoms with van der Waals surface area (Å²) in [6, 6.07) is 2.86. The fraction of sp³-hybridized carbons (Fsp3) is 0.400. The summed E-state index contributed by atoms with van der Waals surface area (Å²) in [7, 11) is 0. The number of phenols is 1. The molecule has 0 aromatic heterocycles. The molecule has 2 aromatic carbocycles. The number of phenolic OH excluding ortho intramolecular Hbond substituents is 1. The molecule has 0 bridgehead atoms. The molecule has 3 aliphatic carbocycles. The van der Waals surface area contributed by atoms with Crippen molar-refractivity contribution in [3.8, 4) is 5.75 Å². The topological polar surface area (TPSA) is 193 Å². The Hall–Kier alpha value is -4.30. The summed E-state index contributed by atoms with van der Waals surface area (Å²) in [5.74, 6) is -12.5. The molecular weight excluding hydrogens is 623 g/mol. The molecule has 45 heavy (non-hydrogen) atoms. The van der Waals surface area contributed by atoms with E-state index in [9.17, 15) is 52.2 Å². The molecule has 2 fully saturated rings. The lowest BCUT2D eigenvalue weighted by atomic mass is 9.53. The fourth-order valence-electron chi connectivity index (χ4n) is 6.81. The van der Waals surface area contributed by atoms with Gasteiger partial charge >= 0.3 is 12.2 Å². The van der Waals surface area contributed by atoms with Gasteiger partial charge in [0, 0.05) is 17.4 Å². The number of halogens is 4. The van der Waals surface area contributed by atoms with Gasteiger partial charge in [-0.15, -0.1) is 0 Å². The van der Waals surface area contributed by atoms with Crippen LogP contribution in [0.2, 0.25) is 5.02 Å². The normalized spacial score (nSPS) is 26.2. The third kappa shape index (κ3) is 5.15. The van der Waals surface area contributed by atoms with E-state index in [0.717, 1.165) is 12.1 Å². The van der Waals surface area contributed by atoms with E-state index in [1.807, 2.05) is 0 Å². The predicted octanol–water partition coefficient (Wildman–Crippen LogP) is 3.77. The van der Waals surface area contributed by atoms with E-state index >= 15 is 0 Å². The zero-order valence-corrected chi connectivity index (χ0v) is 24.5. The van der Waals surface area contributed by atoms with Gasteiger partial charge < -0.3 is 26.6 Å². The molecule has 6 N–H and O–H groups in total. The van der Waals surface area contributed by atoms with E-state index in [0.29, 0.717) is 17.2 Å². The summed E-state index contributed by atoms with van der Waals surface area (Å²) in [4.78, 5) is 78.0. The summed E-state index contributed by atoms with van der Waals surface area (Å²) < 4.78 is 40.6. The molecule has 2 unspecified atom stereocenters. The Bertz CT molecular complexity index is 1710. The summed E-state index contributed by atoms with van der Waals surface area (Å²) >= 11 is 5.69. The quantitative estimate of drug-likeness (QED) is 0.244. The number of aliphatic hydroxyl groups is 1. The molecule has 5 rings (SSSR count). The maximum Gasteiger partial charge on any atom is 0.418 e. The van der Waals surface area contributed by atoms with Crippen LogP contribution in [0.25, 0.3) is 0 Å². The molecule has 2 saturated carbocycles. The highest BCUT2D eigenvalue weighted by molar-refractivity contribution is 6.32. The lowest BCUT2D eigenvalue weighted by Gasteiger charge is -2.48. The molecule has 238 valence electrons. The average Bonchev–Trinajstić information content (AvgIpc) is 2.92. The van der Waals surface area contributed by atoms with Crippen LogP contribution < -0.4 is 16.4 Å². The number of hydrogen-bond acceptors (Lipinski definition) is 8. The minimum absolute atomic E-state index is 0.0267. The van der Waals surface area contributed by atoms with Crippen LogP contribution in [0.5, 0.6) is 5.75 Å². The molecule has 3 amide bonds. The number of primary amides is 1. The Morgan fingerprint density at radius 2 is 1.69 bits per heavy atom. The van der Waals surface area contributed by atoms with E-state index in [-0.39, 0.29) is 35.0 Å². The van der Waals surface area contributed by atoms with Crippen LogP contribution in [0.3, 0.4) is 0 Å². The van der Waals surface area contributed by atoms with Crippen molar-refractivity contribution in [2.24, 2.45) is 29.4 Å². The number of Topliss-reactive ketones (excluding diaryl/α,β-unsaturated/α-hetero) is 4. The minimum atomic E-state index is -4.87. The second-order valence-electron chi connectivity index (χ2n) is 11.9. The Balaban J connectivity index is 1.52. The number of ketones is 4. The molecule has 2 aromatic rings. The molecule has 0 saturated heterocycles. The number of alkyl halides is 3. The zero-order valence-electron chi connectivity index (χ0n) is 23.8. The van der Waals surface area contributed by atoms with Gasteiger partial charge in [0.2, 0.25) is 5.91 Å². The van der Waals surface area contributed by atoms with E-state index in [4.69, 9.17) is 17.3 Å². The number of carbonyl (C=O) groups excluding carboxylic acids is 6. The average molecular weight is 650 g/mol. The van der Waals surface area contributed by atoms with E-state index in [2.05, 4.69) is 10.6 Å². The Kier molecular flexibility index (Phi) is 7.81. The predicted molar refractivity (Wildman–Crippen MR) is 152 cm³/mol. The lowest BCUT2D eigenvalue weighted by molar-refractivity contribution is -0.175. The van der Waals surface area contributed by atoms with E-state index in [1.54, 1.807) is 13.8 Å². The third-order valence-corrected chi connectivity index (χ3v) is 9.08. The fourth-order valence-corrected chi connectivity index (χ4v) is 6.98. The van der Waals surface area contributed by atoms with Crippen LogP contribution in [0.4, 0.5) is 29.3 Å². The molecule has 0 radical (unpaired) electrons. The summed E-state index contributed by atoms with van der Waals surface area (Å²) in [6.45, 7) is 3.51. The second-order valence-corrected chi connectivity index (χ2v) is 12.3. The Labute approximate surface area is 258 Å². The van der Waals surface area contributed by atoms with Gasteiger partial charge in [-0.3, -0.25) is 24.0 Å². The van der Waals surface area contributed by atoms with Gasteiger partial charge in [0.15, 0.2) is 34.7 Å². The van der Waals surface area contributed by atoms with Crippen LogP contribution in [0, 0.1) is 23.7 Å². The molecule has 0 aliphatic heterocycles. The van der Waals surface area contributed by atoms with Gasteiger partial charge in [-0.25, -0.2) is 4.79 Å². The SMILES string of the molecule is CC(C)c1cc(NC(=O)Nc2ccc(Cl)cc2C(F)(F)F)c(O)c2c1C[C@H]1C[C@H]3CC(=O)C(C(N)=O)C(=O)[C@@]3(O)C(=O)C1C2=O. The van der Waals surface area contributed by atoms with Gasteiger partial charge in [-0.2, -0.15) is 13.2 Å². The second kappa shape index (κ2) is 10.9. The number of anilines is 2. The molecule has 11 nitrogen and oxygen atoms in total. The first-order valence-electron chi connectivity index (χ1n) is 13.9. The van der Waals surface area contributed by atoms with Gasteiger partial charge in [-0.05, 0) is 60.1 Å². The van der Waals surface area contributed by atoms with Crippen molar-refractivity contribution < 1.29 is 52.2 Å². The summed E-state index contributed by atoms with van der Waals surface area (Å²) in [5.41, 5.74) is 0.619. The first-order valence-corrected chi connectivity index (χ1v) is 14.3. The van der Waals surface area contributed by atoms with Crippen molar-refractivity contribution in [3.05, 3.63) is 51.5 Å². The number of fused-ring (bicyclic) bond motifs is 3. The largest absolute Gasteiger partial charge is 0.505 e. The smallest absolute Gasteiger partial charge is 0.418 e. The van der Waals surface area contributed by atoms with Crippen LogP contribution >= 0.6 is 11.6 Å². The third-order valence-electron chi connectivity index (χ3n) is 8.84. The Morgan fingerprint density at radius 1 is 1.04 bits per heavy atom. The summed E-state index contributed by atoms with van der Waals surface area (Å²) in [5, 5.41) is 26.7. The number of rotatable bonds is 4. The number of amides is 3. The number of aromatic hydroxyl groups is 1. The van der Waals surface area contributed by atoms with E-state index in [1.165, 1.54) is 6.07 Å². The number of hydrogen-bond donors (Lipinski definition) is 5.